The van der Waals surface area contributed by atoms with Crippen molar-refractivity contribution < 1.29 is 9.67 Å². The van der Waals surface area contributed by atoms with Gasteiger partial charge in [-0.25, -0.2) is 0 Å². The minimum absolute atomic E-state index is 0.115. The normalized spacial score (nSPS) is 11.0. The lowest BCUT2D eigenvalue weighted by Crippen LogP contribution is -2.39. The lowest BCUT2D eigenvalue weighted by molar-refractivity contribution is -0.652. The van der Waals surface area contributed by atoms with Gasteiger partial charge in [0.1, 0.15) is 11.6 Å². The van der Waals surface area contributed by atoms with Crippen molar-refractivity contribution >= 4 is 38.2 Å². The fourth-order valence-electron chi connectivity index (χ4n) is 2.41. The number of aromatic nitrogens is 3. The first kappa shape index (κ1) is 14.4. The number of thiazole rings is 1. The molecule has 0 saturated heterocycles. The standard InChI is InChI=1S/C17H11BrN3OS/c18-13-4-3-11-5-7-21(15(11)8-13)17(22)14-10-23-16(20-14)12-2-1-6-19-9-12/h1-10,22H/q-1. The van der Waals surface area contributed by atoms with Crippen LogP contribution >= 0.6 is 27.3 Å². The van der Waals surface area contributed by atoms with Crippen molar-refractivity contribution in [3.05, 3.63) is 76.8 Å². The van der Waals surface area contributed by atoms with Gasteiger partial charge in [0.15, 0.2) is 11.3 Å². The molecule has 0 atom stereocenters. The molecule has 4 rings (SSSR count). The molecule has 0 saturated carbocycles. The van der Waals surface area contributed by atoms with E-state index in [1.807, 2.05) is 48.0 Å². The number of fused-ring (bicyclic) bond motifs is 1. The highest BCUT2D eigenvalue weighted by molar-refractivity contribution is 9.10. The van der Waals surface area contributed by atoms with Crippen LogP contribution in [-0.4, -0.2) is 15.1 Å². The molecule has 0 radical (unpaired) electrons. The molecule has 0 aliphatic rings. The SMILES string of the molecule is O[C-](c1c[s+][c-](-c2cccnc2)n1)[n+]1ccc2ccc(Br)c[c-]21. The van der Waals surface area contributed by atoms with Crippen molar-refractivity contribution in [3.63, 3.8) is 0 Å². The van der Waals surface area contributed by atoms with E-state index in [4.69, 9.17) is 0 Å². The van der Waals surface area contributed by atoms with E-state index >= 15 is 0 Å². The number of aliphatic hydroxyl groups excluding tert-OH is 1. The van der Waals surface area contributed by atoms with Crippen molar-refractivity contribution in [2.45, 2.75) is 0 Å². The summed E-state index contributed by atoms with van der Waals surface area (Å²) >= 11 is 4.95. The van der Waals surface area contributed by atoms with Gasteiger partial charge in [-0.15, -0.1) is 6.07 Å². The Morgan fingerprint density at radius 1 is 1.26 bits per heavy atom. The van der Waals surface area contributed by atoms with Crippen LogP contribution < -0.4 is 4.57 Å². The minimum atomic E-state index is 0.115. The van der Waals surface area contributed by atoms with Crippen LogP contribution in [0.25, 0.3) is 21.5 Å². The first-order chi connectivity index (χ1) is 11.2. The molecule has 0 bridgehead atoms. The Balaban J connectivity index is 1.73. The average Bonchev–Trinajstić information content (AvgIpc) is 3.22. The Labute approximate surface area is 145 Å². The number of rotatable bonds is 3. The fraction of sp³-hybridized carbons (Fsp3) is 0. The van der Waals surface area contributed by atoms with Crippen LogP contribution in [0.5, 0.6) is 0 Å². The number of benzene rings is 1. The molecule has 0 spiro atoms. The molecular weight excluding hydrogens is 374 g/mol. The van der Waals surface area contributed by atoms with Gasteiger partial charge in [-0.3, -0.25) is 4.98 Å². The molecule has 0 unspecified atom stereocenters. The van der Waals surface area contributed by atoms with E-state index in [0.717, 1.165) is 25.9 Å². The molecule has 23 heavy (non-hydrogen) atoms. The zero-order valence-electron chi connectivity index (χ0n) is 11.8. The van der Waals surface area contributed by atoms with Gasteiger partial charge in [-0.05, 0) is 11.8 Å². The summed E-state index contributed by atoms with van der Waals surface area (Å²) in [5.74, 6) is 0. The van der Waals surface area contributed by atoms with E-state index in [-0.39, 0.29) is 6.23 Å². The second-order valence-corrected chi connectivity index (χ2v) is 6.77. The van der Waals surface area contributed by atoms with E-state index in [0.29, 0.717) is 5.69 Å². The summed E-state index contributed by atoms with van der Waals surface area (Å²) < 4.78 is 2.70. The summed E-state index contributed by atoms with van der Waals surface area (Å²) in [7, 11) is 0. The van der Waals surface area contributed by atoms with E-state index in [1.165, 1.54) is 11.3 Å². The molecule has 6 heteroatoms. The Hall–Kier alpha value is -2.15. The Morgan fingerprint density at radius 3 is 3.00 bits per heavy atom. The highest BCUT2D eigenvalue weighted by Crippen LogP contribution is 2.25. The van der Waals surface area contributed by atoms with Gasteiger partial charge in [-0.1, -0.05) is 51.6 Å². The Morgan fingerprint density at radius 2 is 2.17 bits per heavy atom. The number of pyridine rings is 1. The number of halogens is 1. The molecule has 0 aliphatic carbocycles. The summed E-state index contributed by atoms with van der Waals surface area (Å²) in [6.45, 7) is 0. The maximum absolute atomic E-state index is 10.6. The first-order valence-electron chi connectivity index (χ1n) is 6.91. The van der Waals surface area contributed by atoms with Crippen LogP contribution in [0.4, 0.5) is 0 Å². The van der Waals surface area contributed by atoms with Gasteiger partial charge in [0.25, 0.3) is 0 Å². The van der Waals surface area contributed by atoms with Crippen molar-refractivity contribution in [2.75, 3.05) is 0 Å². The Kier molecular flexibility index (Phi) is 3.65. The topological polar surface area (TPSA) is 49.9 Å². The van der Waals surface area contributed by atoms with E-state index in [9.17, 15) is 5.11 Å². The first-order valence-corrected chi connectivity index (χ1v) is 8.59. The average molecular weight is 385 g/mol. The molecule has 0 amide bonds. The third-order valence-corrected chi connectivity index (χ3v) is 4.91. The van der Waals surface area contributed by atoms with Gasteiger partial charge in [0.05, 0.1) is 5.52 Å². The summed E-state index contributed by atoms with van der Waals surface area (Å²) in [5, 5.41) is 14.4. The van der Waals surface area contributed by atoms with Crippen LogP contribution in [0.15, 0.2) is 64.8 Å². The molecule has 3 heterocycles. The number of hydrogen-bond donors (Lipinski definition) is 1. The monoisotopic (exact) mass is 384 g/mol. The van der Waals surface area contributed by atoms with Crippen LogP contribution in [0.2, 0.25) is 0 Å². The maximum Gasteiger partial charge on any atom is 0.249 e. The smallest absolute Gasteiger partial charge is 0.249 e. The molecule has 0 fully saturated rings. The van der Waals surface area contributed by atoms with Gasteiger partial charge < -0.3 is 14.7 Å². The largest absolute Gasteiger partial charge is 0.404 e. The van der Waals surface area contributed by atoms with Crippen molar-refractivity contribution in [1.29, 1.82) is 0 Å². The summed E-state index contributed by atoms with van der Waals surface area (Å²) in [5.41, 5.74) is 2.41. The summed E-state index contributed by atoms with van der Waals surface area (Å²) in [4.78, 5) is 8.63. The van der Waals surface area contributed by atoms with Crippen LogP contribution in [0.1, 0.15) is 5.69 Å². The molecule has 1 aromatic carbocycles. The van der Waals surface area contributed by atoms with Crippen LogP contribution in [0, 0.1) is 6.23 Å². The zero-order chi connectivity index (χ0) is 15.8. The van der Waals surface area contributed by atoms with Crippen LogP contribution in [0.3, 0.4) is 0 Å². The predicted molar refractivity (Wildman–Crippen MR) is 92.5 cm³/mol. The van der Waals surface area contributed by atoms with Gasteiger partial charge in [-0.2, -0.15) is 0 Å². The Bertz CT molecular complexity index is 964. The number of aliphatic hydroxyl groups is 1. The molecule has 0 aliphatic heterocycles. The van der Waals surface area contributed by atoms with Crippen LogP contribution in [-0.2, 0) is 0 Å². The van der Waals surface area contributed by atoms with Gasteiger partial charge in [0.2, 0.25) is 5.01 Å². The van der Waals surface area contributed by atoms with Crippen molar-refractivity contribution in [3.8, 4) is 10.6 Å². The minimum Gasteiger partial charge on any atom is -0.404 e. The quantitative estimate of drug-likeness (QED) is 0.331. The summed E-state index contributed by atoms with van der Waals surface area (Å²) in [6, 6.07) is 11.7. The van der Waals surface area contributed by atoms with Gasteiger partial charge in [0, 0.05) is 22.6 Å². The molecule has 1 N–H and O–H groups in total. The molecule has 3 aromatic heterocycles. The van der Waals surface area contributed by atoms with E-state index in [2.05, 4.69) is 25.9 Å². The lowest BCUT2D eigenvalue weighted by atomic mass is 10.2. The van der Waals surface area contributed by atoms with Crippen molar-refractivity contribution in [1.82, 2.24) is 9.97 Å². The molecule has 4 nitrogen and oxygen atoms in total. The maximum atomic E-state index is 10.6. The predicted octanol–water partition coefficient (Wildman–Crippen LogP) is 3.89. The fourth-order valence-corrected chi connectivity index (χ4v) is 3.55. The molecule has 4 aromatic rings. The third kappa shape index (κ3) is 2.65. The lowest BCUT2D eigenvalue weighted by Gasteiger charge is -2.15. The number of hydrogen-bond acceptors (Lipinski definition) is 3. The second-order valence-electron chi connectivity index (χ2n) is 4.99. The third-order valence-electron chi connectivity index (χ3n) is 3.53. The summed E-state index contributed by atoms with van der Waals surface area (Å²) in [6.07, 6.45) is 5.45. The number of nitrogens with zero attached hydrogens (tertiary/aromatic N) is 3. The van der Waals surface area contributed by atoms with Gasteiger partial charge >= 0.3 is 0 Å². The highest BCUT2D eigenvalue weighted by atomic mass is 79.9. The molecular formula is C17H11BrN3OS-. The molecule has 114 valence electrons. The van der Waals surface area contributed by atoms with E-state index in [1.54, 1.807) is 17.0 Å². The van der Waals surface area contributed by atoms with Crippen molar-refractivity contribution in [2.24, 2.45) is 0 Å². The second kappa shape index (κ2) is 5.81. The zero-order valence-corrected chi connectivity index (χ0v) is 14.3. The highest BCUT2D eigenvalue weighted by Gasteiger charge is 2.16. The van der Waals surface area contributed by atoms with E-state index < -0.39 is 0 Å².